The van der Waals surface area contributed by atoms with Crippen LogP contribution < -0.4 is 0 Å². The smallest absolute Gasteiger partial charge is 0.243 e. The second-order valence-electron chi connectivity index (χ2n) is 8.57. The molecule has 0 saturated carbocycles. The lowest BCUT2D eigenvalue weighted by atomic mass is 9.85. The number of nitrogens with zero attached hydrogens (tertiary/aromatic N) is 1. The van der Waals surface area contributed by atoms with Crippen LogP contribution in [0.5, 0.6) is 0 Å². The summed E-state index contributed by atoms with van der Waals surface area (Å²) in [4.78, 5) is 0.341. The zero-order valence-electron chi connectivity index (χ0n) is 17.7. The summed E-state index contributed by atoms with van der Waals surface area (Å²) in [6, 6.07) is 21.6. The summed E-state index contributed by atoms with van der Waals surface area (Å²) in [7, 11) is -3.56. The molecule has 5 rings (SSSR count). The number of hydrogen-bond acceptors (Lipinski definition) is 4. The molecule has 162 valence electrons. The van der Waals surface area contributed by atoms with Gasteiger partial charge in [0.25, 0.3) is 0 Å². The molecule has 2 aliphatic rings. The topological polar surface area (TPSA) is 55.8 Å². The van der Waals surface area contributed by atoms with E-state index in [1.165, 1.54) is 10.8 Å². The van der Waals surface area contributed by atoms with E-state index in [1.807, 2.05) is 31.2 Å². The monoisotopic (exact) mass is 437 g/mol. The van der Waals surface area contributed by atoms with Crippen LogP contribution in [0.2, 0.25) is 0 Å². The van der Waals surface area contributed by atoms with Gasteiger partial charge < -0.3 is 9.47 Å². The van der Waals surface area contributed by atoms with Crippen LogP contribution in [0.4, 0.5) is 0 Å². The van der Waals surface area contributed by atoms with E-state index in [9.17, 15) is 8.42 Å². The molecule has 31 heavy (non-hydrogen) atoms. The van der Waals surface area contributed by atoms with Crippen molar-refractivity contribution in [2.24, 2.45) is 0 Å². The van der Waals surface area contributed by atoms with Gasteiger partial charge in [-0.2, -0.15) is 4.31 Å². The molecule has 0 N–H and O–H groups in total. The molecule has 2 aliphatic heterocycles. The number of aryl methyl sites for hydroxylation is 1. The lowest BCUT2D eigenvalue weighted by Gasteiger charge is -2.46. The molecule has 6 heteroatoms. The van der Waals surface area contributed by atoms with E-state index >= 15 is 0 Å². The van der Waals surface area contributed by atoms with Crippen LogP contribution >= 0.6 is 0 Å². The molecular formula is C25H27NO4S. The molecule has 2 heterocycles. The highest BCUT2D eigenvalue weighted by Gasteiger charge is 2.45. The molecule has 2 fully saturated rings. The maximum Gasteiger partial charge on any atom is 0.243 e. The summed E-state index contributed by atoms with van der Waals surface area (Å²) < 4.78 is 40.6. The van der Waals surface area contributed by atoms with Gasteiger partial charge in [-0.1, -0.05) is 60.2 Å². The molecular weight excluding hydrogens is 410 g/mol. The first-order chi connectivity index (χ1) is 15.0. The Morgan fingerprint density at radius 2 is 1.74 bits per heavy atom. The predicted molar refractivity (Wildman–Crippen MR) is 120 cm³/mol. The van der Waals surface area contributed by atoms with Crippen LogP contribution in [0.15, 0.2) is 71.6 Å². The molecule has 2 atom stereocenters. The van der Waals surface area contributed by atoms with Crippen LogP contribution in [0, 0.1) is 6.92 Å². The lowest BCUT2D eigenvalue weighted by molar-refractivity contribution is -0.163. The third-order valence-electron chi connectivity index (χ3n) is 6.48. The lowest BCUT2D eigenvalue weighted by Crippen LogP contribution is -2.56. The highest BCUT2D eigenvalue weighted by Crippen LogP contribution is 2.41. The van der Waals surface area contributed by atoms with Crippen molar-refractivity contribution >= 4 is 20.8 Å². The Bertz CT molecular complexity index is 1180. The number of hydrogen-bond donors (Lipinski definition) is 0. The second kappa shape index (κ2) is 8.02. The van der Waals surface area contributed by atoms with Crippen LogP contribution in [-0.2, 0) is 19.5 Å². The van der Waals surface area contributed by atoms with Crippen molar-refractivity contribution in [1.82, 2.24) is 4.31 Å². The van der Waals surface area contributed by atoms with Gasteiger partial charge in [0, 0.05) is 25.9 Å². The maximum absolute atomic E-state index is 13.3. The molecule has 1 spiro atoms. The SMILES string of the molecule is Cc1ccc(S(=O)(=O)N2CCO[C@@]3(CCO[C@@H](c4cccc5ccccc45)C3)C2)cc1. The zero-order valence-corrected chi connectivity index (χ0v) is 18.5. The van der Waals surface area contributed by atoms with E-state index in [0.717, 1.165) is 11.1 Å². The fourth-order valence-corrected chi connectivity index (χ4v) is 6.26. The fraction of sp³-hybridized carbons (Fsp3) is 0.360. The van der Waals surface area contributed by atoms with E-state index in [1.54, 1.807) is 16.4 Å². The first-order valence-electron chi connectivity index (χ1n) is 10.8. The van der Waals surface area contributed by atoms with Crippen LogP contribution in [0.3, 0.4) is 0 Å². The quantitative estimate of drug-likeness (QED) is 0.607. The van der Waals surface area contributed by atoms with E-state index in [0.29, 0.717) is 44.0 Å². The van der Waals surface area contributed by atoms with Gasteiger partial charge in [0.05, 0.1) is 29.8 Å². The van der Waals surface area contributed by atoms with Gasteiger partial charge in [-0.25, -0.2) is 8.42 Å². The van der Waals surface area contributed by atoms with Crippen LogP contribution in [0.25, 0.3) is 10.8 Å². The third kappa shape index (κ3) is 3.89. The van der Waals surface area contributed by atoms with Gasteiger partial charge in [-0.05, 0) is 35.4 Å². The van der Waals surface area contributed by atoms with Gasteiger partial charge in [0.1, 0.15) is 0 Å². The summed E-state index contributed by atoms with van der Waals surface area (Å²) in [6.07, 6.45) is 1.21. The molecule has 0 aliphatic carbocycles. The standard InChI is InChI=1S/C25H27NO4S/c1-19-9-11-21(12-10-19)31(27,28)26-14-16-30-25(18-26)13-15-29-24(17-25)23-8-4-6-20-5-2-3-7-22(20)23/h2-12,24H,13-18H2,1H3/t24-,25-/m1/s1. The van der Waals surface area contributed by atoms with Crippen molar-refractivity contribution in [2.45, 2.75) is 36.4 Å². The molecule has 0 bridgehead atoms. The Kier molecular flexibility index (Phi) is 5.34. The average Bonchev–Trinajstić information content (AvgIpc) is 2.79. The normalized spacial score (nSPS) is 25.1. The Hall–Kier alpha value is -2.25. The minimum absolute atomic E-state index is 0.123. The van der Waals surface area contributed by atoms with Crippen LogP contribution in [0.1, 0.15) is 30.1 Å². The zero-order chi connectivity index (χ0) is 21.5. The molecule has 0 aromatic heterocycles. The molecule has 3 aromatic rings. The summed E-state index contributed by atoms with van der Waals surface area (Å²) in [5.41, 5.74) is 1.65. The molecule has 5 nitrogen and oxygen atoms in total. The molecule has 2 saturated heterocycles. The highest BCUT2D eigenvalue weighted by atomic mass is 32.2. The molecule has 0 radical (unpaired) electrons. The van der Waals surface area contributed by atoms with E-state index in [4.69, 9.17) is 9.47 Å². The minimum atomic E-state index is -3.56. The first kappa shape index (κ1) is 20.6. The Morgan fingerprint density at radius 1 is 0.968 bits per heavy atom. The molecule has 3 aromatic carbocycles. The van der Waals surface area contributed by atoms with Crippen molar-refractivity contribution in [3.05, 3.63) is 77.9 Å². The molecule has 0 unspecified atom stereocenters. The van der Waals surface area contributed by atoms with Gasteiger partial charge in [0.2, 0.25) is 10.0 Å². The largest absolute Gasteiger partial charge is 0.373 e. The van der Waals surface area contributed by atoms with Gasteiger partial charge in [-0.15, -0.1) is 0 Å². The van der Waals surface area contributed by atoms with Crippen molar-refractivity contribution in [3.8, 4) is 0 Å². The Balaban J connectivity index is 1.42. The van der Waals surface area contributed by atoms with Gasteiger partial charge >= 0.3 is 0 Å². The molecule has 0 amide bonds. The van der Waals surface area contributed by atoms with Crippen molar-refractivity contribution in [3.63, 3.8) is 0 Å². The first-order valence-corrected chi connectivity index (χ1v) is 12.2. The van der Waals surface area contributed by atoms with E-state index in [-0.39, 0.29) is 6.10 Å². The summed E-state index contributed by atoms with van der Waals surface area (Å²) in [6.45, 7) is 3.63. The average molecular weight is 438 g/mol. The van der Waals surface area contributed by atoms with Crippen molar-refractivity contribution in [2.75, 3.05) is 26.3 Å². The highest BCUT2D eigenvalue weighted by molar-refractivity contribution is 7.89. The Labute approximate surface area is 183 Å². The number of rotatable bonds is 3. The summed E-state index contributed by atoms with van der Waals surface area (Å²) in [5, 5.41) is 2.35. The number of benzene rings is 3. The van der Waals surface area contributed by atoms with Gasteiger partial charge in [-0.3, -0.25) is 0 Å². The number of morpholine rings is 1. The second-order valence-corrected chi connectivity index (χ2v) is 10.5. The summed E-state index contributed by atoms with van der Waals surface area (Å²) >= 11 is 0. The summed E-state index contributed by atoms with van der Waals surface area (Å²) in [5.74, 6) is 0. The maximum atomic E-state index is 13.3. The third-order valence-corrected chi connectivity index (χ3v) is 8.34. The Morgan fingerprint density at radius 3 is 2.58 bits per heavy atom. The predicted octanol–water partition coefficient (Wildman–Crippen LogP) is 4.46. The van der Waals surface area contributed by atoms with Crippen molar-refractivity contribution in [1.29, 1.82) is 0 Å². The number of ether oxygens (including phenoxy) is 2. The number of sulfonamides is 1. The van der Waals surface area contributed by atoms with E-state index in [2.05, 4.69) is 30.3 Å². The number of fused-ring (bicyclic) bond motifs is 1. The van der Waals surface area contributed by atoms with Gasteiger partial charge in [0.15, 0.2) is 0 Å². The fourth-order valence-electron chi connectivity index (χ4n) is 4.77. The van der Waals surface area contributed by atoms with Crippen LogP contribution in [-0.4, -0.2) is 44.6 Å². The van der Waals surface area contributed by atoms with Crippen molar-refractivity contribution < 1.29 is 17.9 Å². The van der Waals surface area contributed by atoms with E-state index < -0.39 is 15.6 Å². The minimum Gasteiger partial charge on any atom is -0.373 e.